The minimum atomic E-state index is -1.40. The highest BCUT2D eigenvalue weighted by molar-refractivity contribution is 6.36. The second-order valence-corrected chi connectivity index (χ2v) is 12.2. The summed E-state index contributed by atoms with van der Waals surface area (Å²) in [7, 11) is 0. The van der Waals surface area contributed by atoms with E-state index in [4.69, 9.17) is 27.9 Å². The number of carbonyl (C=O) groups is 4. The highest BCUT2D eigenvalue weighted by Gasteiger charge is 2.74. The number of ether oxygens (including phenoxy) is 1. The highest BCUT2D eigenvalue weighted by Crippen LogP contribution is 2.69. The first-order valence-electron chi connectivity index (χ1n) is 13.3. The topological polar surface area (TPSA) is 124 Å². The van der Waals surface area contributed by atoms with Crippen LogP contribution in [0.2, 0.25) is 0 Å². The van der Waals surface area contributed by atoms with Crippen LogP contribution in [-0.2, 0) is 28.9 Å². The normalized spacial score (nSPS) is 26.0. The lowest BCUT2D eigenvalue weighted by Crippen LogP contribution is -2.57. The number of halogens is 2. The number of hydrogen-bond acceptors (Lipinski definition) is 7. The van der Waals surface area contributed by atoms with Gasteiger partial charge < -0.3 is 4.74 Å². The van der Waals surface area contributed by atoms with E-state index in [-0.39, 0.29) is 11.3 Å². The third-order valence-corrected chi connectivity index (χ3v) is 9.80. The van der Waals surface area contributed by atoms with E-state index in [0.29, 0.717) is 22.3 Å². The van der Waals surface area contributed by atoms with Crippen LogP contribution >= 0.6 is 23.2 Å². The average Bonchev–Trinajstić information content (AvgIpc) is 3.25. The predicted octanol–water partition coefficient (Wildman–Crippen LogP) is 4.94. The molecule has 3 atom stereocenters. The van der Waals surface area contributed by atoms with Crippen molar-refractivity contribution in [1.82, 2.24) is 4.90 Å². The van der Waals surface area contributed by atoms with Crippen LogP contribution < -0.4 is 0 Å². The van der Waals surface area contributed by atoms with Gasteiger partial charge >= 0.3 is 5.97 Å². The van der Waals surface area contributed by atoms with Crippen LogP contribution in [0.25, 0.3) is 0 Å². The molecule has 3 aromatic rings. The van der Waals surface area contributed by atoms with Crippen LogP contribution in [0.15, 0.2) is 72.8 Å². The van der Waals surface area contributed by atoms with E-state index in [0.717, 1.165) is 4.90 Å². The molecule has 9 nitrogen and oxygen atoms in total. The zero-order chi connectivity index (χ0) is 30.1. The Balaban J connectivity index is 1.33. The van der Waals surface area contributed by atoms with E-state index < -0.39 is 68.6 Å². The minimum Gasteiger partial charge on any atom is -0.456 e. The molecule has 3 aliphatic carbocycles. The lowest BCUT2D eigenvalue weighted by atomic mass is 9.54. The molecule has 2 amide bonds. The van der Waals surface area contributed by atoms with Crippen molar-refractivity contribution in [2.45, 2.75) is 29.6 Å². The maximum atomic E-state index is 14.2. The smallest absolute Gasteiger partial charge is 0.330 e. The van der Waals surface area contributed by atoms with E-state index >= 15 is 0 Å². The number of likely N-dealkylation sites (tertiary alicyclic amines) is 1. The van der Waals surface area contributed by atoms with Gasteiger partial charge in [-0.25, -0.2) is 4.79 Å². The number of alkyl halides is 2. The number of nitrogens with zero attached hydrogens (tertiary/aromatic N) is 2. The molecule has 0 N–H and O–H groups in total. The molecule has 7 rings (SSSR count). The second kappa shape index (κ2) is 9.74. The third-order valence-electron chi connectivity index (χ3n) is 8.52. The first-order valence-corrected chi connectivity index (χ1v) is 14.1. The lowest BCUT2D eigenvalue weighted by molar-refractivity contribution is -0.384. The van der Waals surface area contributed by atoms with Crippen molar-refractivity contribution in [2.75, 3.05) is 6.61 Å². The van der Waals surface area contributed by atoms with Crippen molar-refractivity contribution in [1.29, 1.82) is 0 Å². The molecule has 2 bridgehead atoms. The first-order chi connectivity index (χ1) is 19.9. The summed E-state index contributed by atoms with van der Waals surface area (Å²) in [6.07, 6.45) is 0. The number of benzene rings is 3. The third kappa shape index (κ3) is 3.69. The van der Waals surface area contributed by atoms with Crippen LogP contribution in [0.1, 0.15) is 46.5 Å². The van der Waals surface area contributed by atoms with Gasteiger partial charge in [0, 0.05) is 17.7 Å². The molecule has 0 unspecified atom stereocenters. The SMILES string of the molecule is CC(C)[C@@H](C(=O)OCC(=O)c1ccc([N+](=O)[O-])cc1)N1C(=O)[C@@H]2[C@@H](C1=O)C1(Cl)c3ccccc3C2(Cl)c2ccccc21. The van der Waals surface area contributed by atoms with E-state index in [1.165, 1.54) is 24.3 Å². The van der Waals surface area contributed by atoms with E-state index in [1.54, 1.807) is 38.1 Å². The minimum absolute atomic E-state index is 0.106. The Kier molecular flexibility index (Phi) is 6.51. The average molecular weight is 607 g/mol. The van der Waals surface area contributed by atoms with Gasteiger partial charge in [0.25, 0.3) is 5.69 Å². The number of ketones is 1. The molecule has 11 heteroatoms. The summed E-state index contributed by atoms with van der Waals surface area (Å²) < 4.78 is 5.33. The molecular formula is C31H24Cl2N2O7. The highest BCUT2D eigenvalue weighted by atomic mass is 35.5. The molecule has 0 spiro atoms. The summed E-state index contributed by atoms with van der Waals surface area (Å²) >= 11 is 14.9. The molecule has 0 radical (unpaired) electrons. The van der Waals surface area contributed by atoms with Crippen LogP contribution in [0.5, 0.6) is 0 Å². The maximum absolute atomic E-state index is 14.2. The monoisotopic (exact) mass is 606 g/mol. The standard InChI is InChI=1S/C31H24Cl2N2O7/c1-16(2)26(29(39)42-15-23(36)17-11-13-18(14-12-17)35(40)41)34-27(37)24-25(28(34)38)31(33)20-8-4-3-7-19(20)30(24,32)21-9-5-6-10-22(21)31/h3-14,16,24-26H,15H2,1-2H3/t24-,25-,26-,30?,31?/m0/s1. The molecule has 0 aromatic heterocycles. The van der Waals surface area contributed by atoms with Gasteiger partial charge in [0.2, 0.25) is 11.8 Å². The largest absolute Gasteiger partial charge is 0.456 e. The van der Waals surface area contributed by atoms with Crippen molar-refractivity contribution in [3.8, 4) is 0 Å². The summed E-state index contributed by atoms with van der Waals surface area (Å²) in [5, 5.41) is 10.9. The molecular weight excluding hydrogens is 583 g/mol. The molecule has 1 heterocycles. The summed E-state index contributed by atoms with van der Waals surface area (Å²) in [6, 6.07) is 18.0. The Morgan fingerprint density at radius 3 is 1.67 bits per heavy atom. The molecule has 214 valence electrons. The number of amides is 2. The molecule has 1 aliphatic heterocycles. The van der Waals surface area contributed by atoms with Crippen molar-refractivity contribution in [3.63, 3.8) is 0 Å². The van der Waals surface area contributed by atoms with Crippen molar-refractivity contribution >= 4 is 52.5 Å². The second-order valence-electron chi connectivity index (χ2n) is 11.0. The fourth-order valence-electron chi connectivity index (χ4n) is 6.71. The lowest BCUT2D eigenvalue weighted by Gasteiger charge is -2.54. The van der Waals surface area contributed by atoms with E-state index in [9.17, 15) is 29.3 Å². The predicted molar refractivity (Wildman–Crippen MR) is 152 cm³/mol. The Labute approximate surface area is 250 Å². The number of nitro benzene ring substituents is 1. The first kappa shape index (κ1) is 28.1. The summed E-state index contributed by atoms with van der Waals surface area (Å²) in [5.74, 6) is -5.53. The van der Waals surface area contributed by atoms with Gasteiger partial charge in [-0.2, -0.15) is 0 Å². The van der Waals surface area contributed by atoms with Gasteiger partial charge in [-0.3, -0.25) is 29.4 Å². The van der Waals surface area contributed by atoms with Crippen LogP contribution in [-0.4, -0.2) is 46.0 Å². The quantitative estimate of drug-likeness (QED) is 0.0931. The summed E-state index contributed by atoms with van der Waals surface area (Å²) in [6.45, 7) is 2.65. The maximum Gasteiger partial charge on any atom is 0.330 e. The van der Waals surface area contributed by atoms with Gasteiger partial charge in [0.05, 0.1) is 16.8 Å². The van der Waals surface area contributed by atoms with Gasteiger partial charge in [0.15, 0.2) is 12.4 Å². The molecule has 0 saturated carbocycles. The Morgan fingerprint density at radius 1 is 0.857 bits per heavy atom. The zero-order valence-electron chi connectivity index (χ0n) is 22.5. The molecule has 42 heavy (non-hydrogen) atoms. The van der Waals surface area contributed by atoms with E-state index in [2.05, 4.69) is 0 Å². The molecule has 1 fully saturated rings. The number of nitro groups is 1. The number of esters is 1. The van der Waals surface area contributed by atoms with Crippen LogP contribution in [0, 0.1) is 27.9 Å². The van der Waals surface area contributed by atoms with Crippen molar-refractivity contribution in [2.24, 2.45) is 17.8 Å². The van der Waals surface area contributed by atoms with Gasteiger partial charge in [-0.1, -0.05) is 62.4 Å². The summed E-state index contributed by atoms with van der Waals surface area (Å²) in [4.78, 5) is 63.0. The summed E-state index contributed by atoms with van der Waals surface area (Å²) in [5.41, 5.74) is 2.48. The van der Waals surface area contributed by atoms with Crippen LogP contribution in [0.3, 0.4) is 0 Å². The van der Waals surface area contributed by atoms with Crippen LogP contribution in [0.4, 0.5) is 5.69 Å². The molecule has 1 saturated heterocycles. The fourth-order valence-corrected chi connectivity index (χ4v) is 7.81. The van der Waals surface area contributed by atoms with Gasteiger partial charge in [-0.15, -0.1) is 23.2 Å². The Hall–Kier alpha value is -4.08. The number of carbonyl (C=O) groups excluding carboxylic acids is 4. The van der Waals surface area contributed by atoms with Crippen molar-refractivity contribution < 1.29 is 28.8 Å². The fraction of sp³-hybridized carbons (Fsp3) is 0.290. The van der Waals surface area contributed by atoms with Gasteiger partial charge in [-0.05, 0) is 40.3 Å². The zero-order valence-corrected chi connectivity index (χ0v) is 24.0. The number of Topliss-reactive ketones (excluding diaryl/α,β-unsaturated/α-hetero) is 1. The number of rotatable bonds is 7. The Bertz CT molecular complexity index is 1560. The van der Waals surface area contributed by atoms with Crippen molar-refractivity contribution in [3.05, 3.63) is 111 Å². The number of hydrogen-bond donors (Lipinski definition) is 0. The Morgan fingerprint density at radius 2 is 1.29 bits per heavy atom. The molecule has 4 aliphatic rings. The van der Waals surface area contributed by atoms with Gasteiger partial charge in [0.1, 0.15) is 15.8 Å². The number of imide groups is 1. The number of non-ortho nitro benzene ring substituents is 1. The molecule has 3 aromatic carbocycles. The van der Waals surface area contributed by atoms with E-state index in [1.807, 2.05) is 24.3 Å².